The van der Waals surface area contributed by atoms with Crippen molar-refractivity contribution in [3.8, 4) is 0 Å². The molecule has 0 unspecified atom stereocenters. The average molecular weight is 182 g/mol. The van der Waals surface area contributed by atoms with Gasteiger partial charge in [0.25, 0.3) is 0 Å². The van der Waals surface area contributed by atoms with E-state index in [1.54, 1.807) is 7.11 Å². The lowest BCUT2D eigenvalue weighted by Crippen LogP contribution is -2.41. The Hall–Kier alpha value is -0.340. The molecule has 0 amide bonds. The molecule has 1 saturated carbocycles. The third-order valence-electron chi connectivity index (χ3n) is 3.75. The van der Waals surface area contributed by atoms with Crippen LogP contribution in [0.5, 0.6) is 0 Å². The second-order valence-corrected chi connectivity index (χ2v) is 4.18. The molecule has 1 saturated heterocycles. The average Bonchev–Trinajstić information content (AvgIpc) is 2.59. The van der Waals surface area contributed by atoms with Crippen molar-refractivity contribution >= 4 is 0 Å². The zero-order valence-corrected chi connectivity index (χ0v) is 8.34. The van der Waals surface area contributed by atoms with E-state index in [1.807, 2.05) is 6.08 Å². The highest BCUT2D eigenvalue weighted by Gasteiger charge is 2.59. The lowest BCUT2D eigenvalue weighted by atomic mass is 9.77. The summed E-state index contributed by atoms with van der Waals surface area (Å²) in [5, 5.41) is 0. The van der Waals surface area contributed by atoms with Gasteiger partial charge in [-0.25, -0.2) is 0 Å². The zero-order chi connectivity index (χ0) is 9.36. The van der Waals surface area contributed by atoms with Crippen molar-refractivity contribution in [2.24, 2.45) is 5.41 Å². The van der Waals surface area contributed by atoms with Crippen LogP contribution in [0.25, 0.3) is 0 Å². The van der Waals surface area contributed by atoms with Crippen LogP contribution in [-0.4, -0.2) is 19.5 Å². The van der Waals surface area contributed by atoms with Crippen molar-refractivity contribution in [3.05, 3.63) is 12.7 Å². The van der Waals surface area contributed by atoms with Crippen molar-refractivity contribution in [2.45, 2.75) is 37.9 Å². The van der Waals surface area contributed by atoms with Crippen molar-refractivity contribution < 1.29 is 9.47 Å². The monoisotopic (exact) mass is 182 g/mol. The summed E-state index contributed by atoms with van der Waals surface area (Å²) in [6, 6.07) is 0. The molecule has 2 nitrogen and oxygen atoms in total. The van der Waals surface area contributed by atoms with E-state index in [4.69, 9.17) is 9.47 Å². The highest BCUT2D eigenvalue weighted by atomic mass is 16.7. The fraction of sp³-hybridized carbons (Fsp3) is 0.818. The highest BCUT2D eigenvalue weighted by Crippen LogP contribution is 2.57. The van der Waals surface area contributed by atoms with Gasteiger partial charge in [0.05, 0.1) is 6.61 Å². The van der Waals surface area contributed by atoms with Gasteiger partial charge in [0, 0.05) is 18.9 Å². The number of hydrogen-bond acceptors (Lipinski definition) is 2. The van der Waals surface area contributed by atoms with Gasteiger partial charge in [0.1, 0.15) is 0 Å². The minimum Gasteiger partial charge on any atom is -0.353 e. The van der Waals surface area contributed by atoms with Crippen molar-refractivity contribution in [1.82, 2.24) is 0 Å². The van der Waals surface area contributed by atoms with Crippen molar-refractivity contribution in [2.75, 3.05) is 13.7 Å². The summed E-state index contributed by atoms with van der Waals surface area (Å²) in [5.41, 5.74) is 0.240. The molecule has 0 aromatic carbocycles. The van der Waals surface area contributed by atoms with Crippen LogP contribution in [0.1, 0.15) is 32.1 Å². The quantitative estimate of drug-likeness (QED) is 0.624. The molecule has 2 heteroatoms. The Balaban J connectivity index is 2.27. The molecule has 13 heavy (non-hydrogen) atoms. The third-order valence-corrected chi connectivity index (χ3v) is 3.75. The molecule has 0 spiro atoms. The summed E-state index contributed by atoms with van der Waals surface area (Å²) in [6.07, 6.45) is 7.67. The number of allylic oxidation sites excluding steroid dienone is 1. The summed E-state index contributed by atoms with van der Waals surface area (Å²) < 4.78 is 11.4. The lowest BCUT2D eigenvalue weighted by molar-refractivity contribution is -0.231. The molecular formula is C11H18O2. The molecular weight excluding hydrogens is 164 g/mol. The molecule has 2 aliphatic rings. The predicted molar refractivity (Wildman–Crippen MR) is 51.4 cm³/mol. The van der Waals surface area contributed by atoms with E-state index in [2.05, 4.69) is 6.58 Å². The molecule has 1 aliphatic heterocycles. The van der Waals surface area contributed by atoms with Crippen LogP contribution in [0.15, 0.2) is 12.7 Å². The first-order valence-corrected chi connectivity index (χ1v) is 5.09. The van der Waals surface area contributed by atoms with Gasteiger partial charge in [0.2, 0.25) is 0 Å². The fourth-order valence-electron chi connectivity index (χ4n) is 3.08. The summed E-state index contributed by atoms with van der Waals surface area (Å²) >= 11 is 0. The smallest absolute Gasteiger partial charge is 0.173 e. The number of hydrogen-bond donors (Lipinski definition) is 0. The van der Waals surface area contributed by atoms with Crippen molar-refractivity contribution in [1.29, 1.82) is 0 Å². The van der Waals surface area contributed by atoms with E-state index in [9.17, 15) is 0 Å². The second kappa shape index (κ2) is 3.10. The second-order valence-electron chi connectivity index (χ2n) is 4.18. The maximum atomic E-state index is 5.80. The molecule has 1 aliphatic carbocycles. The van der Waals surface area contributed by atoms with Gasteiger partial charge >= 0.3 is 0 Å². The molecule has 0 radical (unpaired) electrons. The van der Waals surface area contributed by atoms with Gasteiger partial charge < -0.3 is 9.47 Å². The summed E-state index contributed by atoms with van der Waals surface area (Å²) in [5.74, 6) is -0.277. The van der Waals surface area contributed by atoms with Crippen LogP contribution in [0.3, 0.4) is 0 Å². The van der Waals surface area contributed by atoms with Crippen LogP contribution in [0.2, 0.25) is 0 Å². The molecule has 2 atom stereocenters. The number of methoxy groups -OCH3 is 1. The fourth-order valence-corrected chi connectivity index (χ4v) is 3.08. The van der Waals surface area contributed by atoms with Crippen LogP contribution >= 0.6 is 0 Å². The van der Waals surface area contributed by atoms with Crippen molar-refractivity contribution in [3.63, 3.8) is 0 Å². The largest absolute Gasteiger partial charge is 0.353 e. The van der Waals surface area contributed by atoms with Gasteiger partial charge in [0.15, 0.2) is 5.79 Å². The molecule has 0 aromatic heterocycles. The van der Waals surface area contributed by atoms with Gasteiger partial charge in [-0.15, -0.1) is 6.58 Å². The lowest BCUT2D eigenvalue weighted by Gasteiger charge is -2.37. The first kappa shape index (κ1) is 9.22. The summed E-state index contributed by atoms with van der Waals surface area (Å²) in [6.45, 7) is 4.68. The van der Waals surface area contributed by atoms with Crippen LogP contribution in [0, 0.1) is 5.41 Å². The van der Waals surface area contributed by atoms with E-state index >= 15 is 0 Å². The Morgan fingerprint density at radius 3 is 3.00 bits per heavy atom. The zero-order valence-electron chi connectivity index (χ0n) is 8.34. The normalized spacial score (nSPS) is 43.5. The number of ether oxygens (including phenoxy) is 2. The van der Waals surface area contributed by atoms with E-state index in [1.165, 1.54) is 12.8 Å². The first-order chi connectivity index (χ1) is 6.29. The molecule has 74 valence electrons. The molecule has 2 fully saturated rings. The van der Waals surface area contributed by atoms with Gasteiger partial charge in [-0.2, -0.15) is 0 Å². The minimum absolute atomic E-state index is 0.240. The Kier molecular flexibility index (Phi) is 2.20. The topological polar surface area (TPSA) is 18.5 Å². The highest BCUT2D eigenvalue weighted by molar-refractivity contribution is 5.05. The van der Waals surface area contributed by atoms with E-state index < -0.39 is 0 Å². The number of rotatable bonds is 3. The molecule has 0 aromatic rings. The van der Waals surface area contributed by atoms with Gasteiger partial charge in [-0.1, -0.05) is 6.08 Å². The maximum absolute atomic E-state index is 5.80. The summed E-state index contributed by atoms with van der Waals surface area (Å²) in [4.78, 5) is 0. The SMILES string of the molecule is C=CC[C@@]12CCC[C@]1(OC)OCC2. The molecule has 0 bridgehead atoms. The molecule has 1 heterocycles. The Bertz CT molecular complexity index is 200. The van der Waals surface area contributed by atoms with E-state index in [-0.39, 0.29) is 11.2 Å². The Morgan fingerprint density at radius 1 is 1.46 bits per heavy atom. The predicted octanol–water partition coefficient (Wildman–Crippen LogP) is 2.50. The third kappa shape index (κ3) is 1.09. The van der Waals surface area contributed by atoms with Crippen LogP contribution in [0.4, 0.5) is 0 Å². The molecule has 0 N–H and O–H groups in total. The standard InChI is InChI=1S/C11H18O2/c1-3-5-10-6-4-7-11(10,12-2)13-9-8-10/h3H,1,4-9H2,2H3/t10-,11-/m0/s1. The summed E-state index contributed by atoms with van der Waals surface area (Å²) in [7, 11) is 1.77. The van der Waals surface area contributed by atoms with E-state index in [0.29, 0.717) is 0 Å². The van der Waals surface area contributed by atoms with Crippen LogP contribution < -0.4 is 0 Å². The molecule has 2 rings (SSSR count). The minimum atomic E-state index is -0.277. The van der Waals surface area contributed by atoms with Crippen LogP contribution in [-0.2, 0) is 9.47 Å². The Labute approximate surface area is 79.9 Å². The van der Waals surface area contributed by atoms with Gasteiger partial charge in [-0.3, -0.25) is 0 Å². The maximum Gasteiger partial charge on any atom is 0.173 e. The van der Waals surface area contributed by atoms with Gasteiger partial charge in [-0.05, 0) is 25.7 Å². The van der Waals surface area contributed by atoms with E-state index in [0.717, 1.165) is 25.9 Å². The number of fused-ring (bicyclic) bond motifs is 1. The Morgan fingerprint density at radius 2 is 2.31 bits per heavy atom. The first-order valence-electron chi connectivity index (χ1n) is 5.09.